The molecule has 0 N–H and O–H groups in total. The highest BCUT2D eigenvalue weighted by Crippen LogP contribution is 2.26. The minimum atomic E-state index is 0.0173. The molecule has 8 nitrogen and oxygen atoms in total. The molecule has 1 amide bonds. The second-order valence-corrected chi connectivity index (χ2v) is 6.67. The van der Waals surface area contributed by atoms with E-state index in [1.807, 2.05) is 60.9 Å². The van der Waals surface area contributed by atoms with Crippen molar-refractivity contribution in [2.45, 2.75) is 19.9 Å². The summed E-state index contributed by atoms with van der Waals surface area (Å²) in [7, 11) is 1.84. The number of aromatic nitrogens is 5. The van der Waals surface area contributed by atoms with Gasteiger partial charge < -0.3 is 9.64 Å². The lowest BCUT2D eigenvalue weighted by Crippen LogP contribution is -2.51. The first kappa shape index (κ1) is 17.3. The maximum Gasteiger partial charge on any atom is 0.257 e. The Bertz CT molecular complexity index is 953. The van der Waals surface area contributed by atoms with Crippen molar-refractivity contribution in [3.8, 4) is 17.0 Å². The van der Waals surface area contributed by atoms with Gasteiger partial charge >= 0.3 is 0 Å². The number of hydrogen-bond donors (Lipinski definition) is 0. The van der Waals surface area contributed by atoms with Crippen molar-refractivity contribution >= 4 is 5.91 Å². The van der Waals surface area contributed by atoms with E-state index in [1.54, 1.807) is 10.9 Å². The van der Waals surface area contributed by atoms with E-state index < -0.39 is 0 Å². The molecule has 1 fully saturated rings. The fourth-order valence-electron chi connectivity index (χ4n) is 3.14. The molecule has 27 heavy (non-hydrogen) atoms. The lowest BCUT2D eigenvalue weighted by atomic mass is 10.1. The first-order valence-corrected chi connectivity index (χ1v) is 8.99. The SMILES string of the molecule is CCOc1ccc(-c2cn(C3CN(C(=O)c4cnn(C)c4C)C3)nn2)cc1. The number of aryl methyl sites for hydroxylation is 1. The number of hydrogen-bond acceptors (Lipinski definition) is 5. The van der Waals surface area contributed by atoms with E-state index in [-0.39, 0.29) is 11.9 Å². The molecular weight excluding hydrogens is 344 g/mol. The van der Waals surface area contributed by atoms with Gasteiger partial charge in [-0.25, -0.2) is 4.68 Å². The smallest absolute Gasteiger partial charge is 0.257 e. The van der Waals surface area contributed by atoms with Crippen LogP contribution < -0.4 is 4.74 Å². The molecule has 0 radical (unpaired) electrons. The molecule has 0 spiro atoms. The second kappa shape index (κ2) is 6.86. The maximum atomic E-state index is 12.6. The molecule has 0 bridgehead atoms. The van der Waals surface area contributed by atoms with Crippen LogP contribution in [0.2, 0.25) is 0 Å². The predicted molar refractivity (Wildman–Crippen MR) is 99.5 cm³/mol. The van der Waals surface area contributed by atoms with Gasteiger partial charge in [0, 0.05) is 31.4 Å². The third-order valence-corrected chi connectivity index (χ3v) is 4.96. The molecule has 0 aliphatic carbocycles. The number of likely N-dealkylation sites (tertiary alicyclic amines) is 1. The number of carbonyl (C=O) groups excluding carboxylic acids is 1. The van der Waals surface area contributed by atoms with E-state index in [0.717, 1.165) is 22.7 Å². The van der Waals surface area contributed by atoms with Crippen LogP contribution in [0.5, 0.6) is 5.75 Å². The van der Waals surface area contributed by atoms with Gasteiger partial charge in [0.25, 0.3) is 5.91 Å². The van der Waals surface area contributed by atoms with Crippen LogP contribution in [0.15, 0.2) is 36.7 Å². The molecular formula is C19H22N6O2. The van der Waals surface area contributed by atoms with E-state index in [1.165, 1.54) is 0 Å². The van der Waals surface area contributed by atoms with Gasteiger partial charge in [0.15, 0.2) is 0 Å². The summed E-state index contributed by atoms with van der Waals surface area (Å²) in [6.07, 6.45) is 3.56. The van der Waals surface area contributed by atoms with E-state index in [0.29, 0.717) is 25.3 Å². The summed E-state index contributed by atoms with van der Waals surface area (Å²) in [5.74, 6) is 0.858. The lowest BCUT2D eigenvalue weighted by molar-refractivity contribution is 0.0497. The van der Waals surface area contributed by atoms with Gasteiger partial charge in [-0.05, 0) is 38.1 Å². The fraction of sp³-hybridized carbons (Fsp3) is 0.368. The summed E-state index contributed by atoms with van der Waals surface area (Å²) < 4.78 is 9.01. The van der Waals surface area contributed by atoms with Crippen LogP contribution in [0.4, 0.5) is 0 Å². The Labute approximate surface area is 157 Å². The van der Waals surface area contributed by atoms with Crippen molar-refractivity contribution < 1.29 is 9.53 Å². The van der Waals surface area contributed by atoms with Gasteiger partial charge in [0.2, 0.25) is 0 Å². The number of amides is 1. The number of ether oxygens (including phenoxy) is 1. The largest absolute Gasteiger partial charge is 0.494 e. The molecule has 3 heterocycles. The van der Waals surface area contributed by atoms with Crippen LogP contribution >= 0.6 is 0 Å². The standard InChI is InChI=1S/C19H22N6O2/c1-4-27-16-7-5-14(6-8-16)18-12-25(22-21-18)15-10-24(11-15)19(26)17-9-20-23(3)13(17)2/h5-9,12,15H,4,10-11H2,1-3H3. The van der Waals surface area contributed by atoms with E-state index >= 15 is 0 Å². The molecule has 140 valence electrons. The summed E-state index contributed by atoms with van der Waals surface area (Å²) in [6.45, 7) is 5.75. The van der Waals surface area contributed by atoms with Crippen molar-refractivity contribution in [3.05, 3.63) is 47.9 Å². The van der Waals surface area contributed by atoms with Crippen molar-refractivity contribution in [1.29, 1.82) is 0 Å². The Morgan fingerprint density at radius 3 is 2.63 bits per heavy atom. The third-order valence-electron chi connectivity index (χ3n) is 4.96. The molecule has 8 heteroatoms. The normalized spacial score (nSPS) is 14.3. The molecule has 0 unspecified atom stereocenters. The van der Waals surface area contributed by atoms with Crippen LogP contribution in [0.25, 0.3) is 11.3 Å². The number of nitrogens with zero attached hydrogens (tertiary/aromatic N) is 6. The molecule has 1 saturated heterocycles. The summed E-state index contributed by atoms with van der Waals surface area (Å²) in [5, 5.41) is 12.7. The van der Waals surface area contributed by atoms with Crippen molar-refractivity contribution in [2.24, 2.45) is 7.05 Å². The quantitative estimate of drug-likeness (QED) is 0.691. The minimum Gasteiger partial charge on any atom is -0.494 e. The number of rotatable bonds is 5. The summed E-state index contributed by atoms with van der Waals surface area (Å²) in [5.41, 5.74) is 3.33. The Balaban J connectivity index is 1.40. The first-order valence-electron chi connectivity index (χ1n) is 8.99. The maximum absolute atomic E-state index is 12.6. The van der Waals surface area contributed by atoms with Gasteiger partial charge in [-0.2, -0.15) is 5.10 Å². The first-order chi connectivity index (χ1) is 13.1. The van der Waals surface area contributed by atoms with Gasteiger partial charge in [0.05, 0.1) is 30.6 Å². The molecule has 1 aromatic carbocycles. The molecule has 1 aliphatic rings. The van der Waals surface area contributed by atoms with Crippen molar-refractivity contribution in [2.75, 3.05) is 19.7 Å². The van der Waals surface area contributed by atoms with Crippen LogP contribution in [-0.2, 0) is 7.05 Å². The van der Waals surface area contributed by atoms with Gasteiger partial charge in [-0.1, -0.05) is 5.21 Å². The summed E-state index contributed by atoms with van der Waals surface area (Å²) >= 11 is 0. The van der Waals surface area contributed by atoms with Crippen LogP contribution in [0.1, 0.15) is 29.0 Å². The predicted octanol–water partition coefficient (Wildman–Crippen LogP) is 2.08. The molecule has 2 aromatic heterocycles. The van der Waals surface area contributed by atoms with Crippen molar-refractivity contribution in [1.82, 2.24) is 29.7 Å². The van der Waals surface area contributed by atoms with E-state index in [9.17, 15) is 4.79 Å². The van der Waals surface area contributed by atoms with Gasteiger partial charge in [0.1, 0.15) is 11.4 Å². The van der Waals surface area contributed by atoms with Gasteiger partial charge in [-0.15, -0.1) is 5.10 Å². The number of benzene rings is 1. The topological polar surface area (TPSA) is 78.1 Å². The Morgan fingerprint density at radius 2 is 2.00 bits per heavy atom. The molecule has 3 aromatic rings. The molecule has 0 saturated carbocycles. The Morgan fingerprint density at radius 1 is 1.26 bits per heavy atom. The minimum absolute atomic E-state index is 0.0173. The average molecular weight is 366 g/mol. The van der Waals surface area contributed by atoms with E-state index in [4.69, 9.17) is 4.74 Å². The Kier molecular flexibility index (Phi) is 4.39. The second-order valence-electron chi connectivity index (χ2n) is 6.67. The average Bonchev–Trinajstić information content (AvgIpc) is 3.23. The zero-order chi connectivity index (χ0) is 19.0. The lowest BCUT2D eigenvalue weighted by Gasteiger charge is -2.38. The molecule has 4 rings (SSSR count). The Hall–Kier alpha value is -3.16. The van der Waals surface area contributed by atoms with Crippen LogP contribution in [0, 0.1) is 6.92 Å². The third kappa shape index (κ3) is 3.18. The highest BCUT2D eigenvalue weighted by Gasteiger charge is 2.34. The van der Waals surface area contributed by atoms with Crippen molar-refractivity contribution in [3.63, 3.8) is 0 Å². The zero-order valence-electron chi connectivity index (χ0n) is 15.7. The number of carbonyl (C=O) groups is 1. The summed E-state index contributed by atoms with van der Waals surface area (Å²) in [6, 6.07) is 7.95. The van der Waals surface area contributed by atoms with Gasteiger partial charge in [-0.3, -0.25) is 9.48 Å². The summed E-state index contributed by atoms with van der Waals surface area (Å²) in [4.78, 5) is 14.4. The van der Waals surface area contributed by atoms with Crippen LogP contribution in [0.3, 0.4) is 0 Å². The fourth-order valence-corrected chi connectivity index (χ4v) is 3.14. The highest BCUT2D eigenvalue weighted by atomic mass is 16.5. The molecule has 1 aliphatic heterocycles. The van der Waals surface area contributed by atoms with Crippen LogP contribution in [-0.4, -0.2) is 55.3 Å². The molecule has 0 atom stereocenters. The monoisotopic (exact) mass is 366 g/mol. The zero-order valence-corrected chi connectivity index (χ0v) is 15.7. The van der Waals surface area contributed by atoms with E-state index in [2.05, 4.69) is 15.4 Å². The highest BCUT2D eigenvalue weighted by molar-refractivity contribution is 5.95.